The summed E-state index contributed by atoms with van der Waals surface area (Å²) in [5.74, 6) is 0.645. The van der Waals surface area contributed by atoms with Crippen molar-refractivity contribution in [2.75, 3.05) is 26.6 Å². The molecular weight excluding hydrogens is 380 g/mol. The summed E-state index contributed by atoms with van der Waals surface area (Å²) in [6, 6.07) is 3.22. The van der Waals surface area contributed by atoms with E-state index in [1.165, 1.54) is 32.7 Å². The number of anilines is 1. The predicted octanol–water partition coefficient (Wildman–Crippen LogP) is 3.25. The first-order valence-corrected chi connectivity index (χ1v) is 9.77. The average molecular weight is 404 g/mol. The number of primary amides is 1. The van der Waals surface area contributed by atoms with Gasteiger partial charge in [-0.05, 0) is 42.9 Å². The summed E-state index contributed by atoms with van der Waals surface area (Å²) in [6.45, 7) is 2.18. The summed E-state index contributed by atoms with van der Waals surface area (Å²) >= 11 is 1.42. The second-order valence-corrected chi connectivity index (χ2v) is 7.86. The monoisotopic (exact) mass is 404 g/mol. The van der Waals surface area contributed by atoms with E-state index in [0.717, 1.165) is 29.7 Å². The van der Waals surface area contributed by atoms with Crippen LogP contribution in [0.2, 0.25) is 0 Å². The van der Waals surface area contributed by atoms with Crippen LogP contribution in [0, 0.1) is 5.92 Å². The number of methoxy groups -OCH3 is 3. The van der Waals surface area contributed by atoms with E-state index in [2.05, 4.69) is 12.2 Å². The van der Waals surface area contributed by atoms with Gasteiger partial charge in [0.15, 0.2) is 11.5 Å². The average Bonchev–Trinajstić information content (AvgIpc) is 3.03. The zero-order chi connectivity index (χ0) is 20.4. The van der Waals surface area contributed by atoms with E-state index in [0.29, 0.717) is 28.0 Å². The zero-order valence-electron chi connectivity index (χ0n) is 16.4. The van der Waals surface area contributed by atoms with Gasteiger partial charge in [0.25, 0.3) is 11.8 Å². The molecule has 0 spiro atoms. The van der Waals surface area contributed by atoms with Crippen molar-refractivity contribution in [2.24, 2.45) is 11.7 Å². The van der Waals surface area contributed by atoms with Crippen molar-refractivity contribution >= 4 is 28.2 Å². The first kappa shape index (κ1) is 20.0. The summed E-state index contributed by atoms with van der Waals surface area (Å²) in [5, 5.41) is 3.33. The fourth-order valence-electron chi connectivity index (χ4n) is 3.55. The van der Waals surface area contributed by atoms with Gasteiger partial charge < -0.3 is 25.3 Å². The highest BCUT2D eigenvalue weighted by molar-refractivity contribution is 7.17. The maximum Gasteiger partial charge on any atom is 0.260 e. The first-order chi connectivity index (χ1) is 13.4. The Balaban J connectivity index is 1.99. The van der Waals surface area contributed by atoms with E-state index in [9.17, 15) is 9.59 Å². The topological polar surface area (TPSA) is 99.9 Å². The number of carbonyl (C=O) groups excluding carboxylic acids is 2. The highest BCUT2D eigenvalue weighted by Gasteiger charge is 2.28. The molecule has 8 heteroatoms. The molecule has 0 aliphatic heterocycles. The number of hydrogen-bond acceptors (Lipinski definition) is 6. The quantitative estimate of drug-likeness (QED) is 0.770. The molecule has 2 aromatic rings. The molecule has 1 heterocycles. The molecule has 28 heavy (non-hydrogen) atoms. The third-order valence-corrected chi connectivity index (χ3v) is 6.10. The number of nitrogens with two attached hydrogens (primary N) is 1. The van der Waals surface area contributed by atoms with Crippen LogP contribution in [0.3, 0.4) is 0 Å². The standard InChI is InChI=1S/C20H24N2O5S/c1-10-5-6-11-14(9-10)28-20(15(11)18(21)23)22-19(24)12-7-8-13(25-2)17(27-4)16(12)26-3/h7-8,10H,5-6,9H2,1-4H3,(H2,21,23)(H,22,24)/t10-/m0/s1. The normalized spacial score (nSPS) is 15.5. The largest absolute Gasteiger partial charge is 0.493 e. The van der Waals surface area contributed by atoms with E-state index in [1.807, 2.05) is 0 Å². The molecule has 0 radical (unpaired) electrons. The van der Waals surface area contributed by atoms with E-state index < -0.39 is 11.8 Å². The molecule has 0 unspecified atom stereocenters. The summed E-state index contributed by atoms with van der Waals surface area (Å²) in [6.07, 6.45) is 2.68. The van der Waals surface area contributed by atoms with Gasteiger partial charge in [0.1, 0.15) is 5.00 Å². The fourth-order valence-corrected chi connectivity index (χ4v) is 4.96. The van der Waals surface area contributed by atoms with Crippen LogP contribution in [0.25, 0.3) is 0 Å². The lowest BCUT2D eigenvalue weighted by Crippen LogP contribution is -2.19. The Morgan fingerprint density at radius 3 is 2.46 bits per heavy atom. The van der Waals surface area contributed by atoms with E-state index in [4.69, 9.17) is 19.9 Å². The number of thiophene rings is 1. The number of rotatable bonds is 6. The molecule has 1 aliphatic rings. The number of ether oxygens (including phenoxy) is 3. The minimum atomic E-state index is -0.526. The van der Waals surface area contributed by atoms with Crippen LogP contribution in [-0.4, -0.2) is 33.1 Å². The molecule has 1 aliphatic carbocycles. The van der Waals surface area contributed by atoms with Crippen molar-refractivity contribution in [2.45, 2.75) is 26.2 Å². The van der Waals surface area contributed by atoms with Crippen molar-refractivity contribution in [3.63, 3.8) is 0 Å². The third-order valence-electron chi connectivity index (χ3n) is 4.93. The van der Waals surface area contributed by atoms with E-state index in [-0.39, 0.29) is 11.3 Å². The number of carbonyl (C=O) groups is 2. The summed E-state index contributed by atoms with van der Waals surface area (Å²) in [5.41, 5.74) is 7.28. The molecule has 0 saturated heterocycles. The van der Waals surface area contributed by atoms with Crippen LogP contribution in [0.4, 0.5) is 5.00 Å². The molecule has 0 saturated carbocycles. The van der Waals surface area contributed by atoms with Crippen LogP contribution in [0.15, 0.2) is 12.1 Å². The van der Waals surface area contributed by atoms with Gasteiger partial charge in [-0.2, -0.15) is 0 Å². The Labute approximate surface area is 167 Å². The van der Waals surface area contributed by atoms with Gasteiger partial charge in [0, 0.05) is 4.88 Å². The molecule has 2 amide bonds. The van der Waals surface area contributed by atoms with E-state index in [1.54, 1.807) is 12.1 Å². The van der Waals surface area contributed by atoms with Crippen LogP contribution >= 0.6 is 11.3 Å². The number of benzene rings is 1. The second kappa shape index (κ2) is 8.10. The van der Waals surface area contributed by atoms with Gasteiger partial charge in [0.2, 0.25) is 5.75 Å². The van der Waals surface area contributed by atoms with Crippen LogP contribution in [0.1, 0.15) is 44.5 Å². The Morgan fingerprint density at radius 2 is 1.86 bits per heavy atom. The molecule has 0 fully saturated rings. The highest BCUT2D eigenvalue weighted by atomic mass is 32.1. The maximum atomic E-state index is 13.0. The van der Waals surface area contributed by atoms with Crippen molar-refractivity contribution in [1.29, 1.82) is 0 Å². The molecule has 3 N–H and O–H groups in total. The van der Waals surface area contributed by atoms with Crippen molar-refractivity contribution in [3.8, 4) is 17.2 Å². The lowest BCUT2D eigenvalue weighted by atomic mass is 9.88. The van der Waals surface area contributed by atoms with Gasteiger partial charge in [-0.15, -0.1) is 11.3 Å². The van der Waals surface area contributed by atoms with Crippen LogP contribution in [-0.2, 0) is 12.8 Å². The lowest BCUT2D eigenvalue weighted by Gasteiger charge is -2.18. The Kier molecular flexibility index (Phi) is 5.79. The van der Waals surface area contributed by atoms with Crippen LogP contribution in [0.5, 0.6) is 17.2 Å². The van der Waals surface area contributed by atoms with E-state index >= 15 is 0 Å². The third kappa shape index (κ3) is 3.52. The van der Waals surface area contributed by atoms with Gasteiger partial charge in [-0.25, -0.2) is 0 Å². The van der Waals surface area contributed by atoms with Crippen molar-refractivity contribution < 1.29 is 23.8 Å². The smallest absolute Gasteiger partial charge is 0.260 e. The summed E-state index contributed by atoms with van der Waals surface area (Å²) in [7, 11) is 4.43. The molecule has 7 nitrogen and oxygen atoms in total. The Bertz CT molecular complexity index is 922. The molecule has 1 atom stereocenters. The molecule has 0 bridgehead atoms. The fraction of sp³-hybridized carbons (Fsp3) is 0.400. The predicted molar refractivity (Wildman–Crippen MR) is 108 cm³/mol. The molecule has 1 aromatic carbocycles. The zero-order valence-corrected chi connectivity index (χ0v) is 17.2. The maximum absolute atomic E-state index is 13.0. The van der Waals surface area contributed by atoms with Crippen LogP contribution < -0.4 is 25.3 Å². The van der Waals surface area contributed by atoms with Gasteiger partial charge >= 0.3 is 0 Å². The van der Waals surface area contributed by atoms with Gasteiger partial charge in [-0.3, -0.25) is 9.59 Å². The molecule has 1 aromatic heterocycles. The minimum absolute atomic E-state index is 0.259. The Morgan fingerprint density at radius 1 is 1.14 bits per heavy atom. The van der Waals surface area contributed by atoms with Gasteiger partial charge in [-0.1, -0.05) is 6.92 Å². The number of amides is 2. The Hall–Kier alpha value is -2.74. The molecular formula is C20H24N2O5S. The van der Waals surface area contributed by atoms with Crippen molar-refractivity contribution in [1.82, 2.24) is 0 Å². The molecule has 3 rings (SSSR count). The second-order valence-electron chi connectivity index (χ2n) is 6.76. The summed E-state index contributed by atoms with van der Waals surface area (Å²) < 4.78 is 16.0. The number of fused-ring (bicyclic) bond motifs is 1. The molecule has 150 valence electrons. The first-order valence-electron chi connectivity index (χ1n) is 8.95. The number of nitrogens with one attached hydrogen (secondary N) is 1. The summed E-state index contributed by atoms with van der Waals surface area (Å²) in [4.78, 5) is 26.2. The lowest BCUT2D eigenvalue weighted by molar-refractivity contribution is 0.1000. The highest BCUT2D eigenvalue weighted by Crippen LogP contribution is 2.42. The number of hydrogen-bond donors (Lipinski definition) is 2. The SMILES string of the molecule is COc1ccc(C(=O)Nc2sc3c(c2C(N)=O)CC[C@H](C)C3)c(OC)c1OC. The van der Waals surface area contributed by atoms with Crippen molar-refractivity contribution in [3.05, 3.63) is 33.7 Å². The van der Waals surface area contributed by atoms with Gasteiger partial charge in [0.05, 0.1) is 32.5 Å². The minimum Gasteiger partial charge on any atom is -0.493 e.